The van der Waals surface area contributed by atoms with Crippen LogP contribution in [0, 0.1) is 20.8 Å². The van der Waals surface area contributed by atoms with Crippen molar-refractivity contribution in [1.82, 2.24) is 24.5 Å². The zero-order valence-corrected chi connectivity index (χ0v) is 18.5. The van der Waals surface area contributed by atoms with Gasteiger partial charge in [-0.2, -0.15) is 10.1 Å². The first kappa shape index (κ1) is 19.9. The highest BCUT2D eigenvalue weighted by atomic mass is 15.3. The van der Waals surface area contributed by atoms with Crippen molar-refractivity contribution in [2.75, 3.05) is 13.1 Å². The summed E-state index contributed by atoms with van der Waals surface area (Å²) in [5, 5.41) is 4.43. The van der Waals surface area contributed by atoms with Crippen LogP contribution < -0.4 is 0 Å². The third-order valence-corrected chi connectivity index (χ3v) is 6.42. The Kier molecular flexibility index (Phi) is 5.28. The second kappa shape index (κ2) is 8.23. The van der Waals surface area contributed by atoms with Gasteiger partial charge in [-0.3, -0.25) is 4.90 Å². The number of aryl methyl sites for hydroxylation is 3. The molecule has 3 heterocycles. The number of likely N-dealkylation sites (tertiary alicyclic amines) is 1. The van der Waals surface area contributed by atoms with Crippen LogP contribution in [0.1, 0.15) is 46.8 Å². The second-order valence-electron chi connectivity index (χ2n) is 8.88. The molecule has 1 unspecified atom stereocenters. The van der Waals surface area contributed by atoms with E-state index in [1.807, 2.05) is 11.4 Å². The van der Waals surface area contributed by atoms with Gasteiger partial charge in [0.1, 0.15) is 6.33 Å². The van der Waals surface area contributed by atoms with Gasteiger partial charge in [0.05, 0.1) is 5.69 Å². The standard InChI is InChI=1S/C26H29N5/c1-18-6-4-7-21(12-18)22-9-10-23(19(2)13-22)15-30-11-5-8-24(16-30)25-14-20(3)29-26-27-17-28-31(25)26/h4,6-7,9-10,12-14,17,24H,5,8,11,15-16H2,1-3H3. The molecule has 5 rings (SSSR count). The summed E-state index contributed by atoms with van der Waals surface area (Å²) in [5.74, 6) is 1.15. The van der Waals surface area contributed by atoms with Gasteiger partial charge in [-0.05, 0) is 68.5 Å². The van der Waals surface area contributed by atoms with E-state index in [9.17, 15) is 0 Å². The molecular formula is C26H29N5. The minimum Gasteiger partial charge on any atom is -0.298 e. The fourth-order valence-electron chi connectivity index (χ4n) is 4.81. The van der Waals surface area contributed by atoms with Crippen LogP contribution in [0.25, 0.3) is 16.9 Å². The van der Waals surface area contributed by atoms with Crippen molar-refractivity contribution < 1.29 is 0 Å². The smallest absolute Gasteiger partial charge is 0.252 e. The highest BCUT2D eigenvalue weighted by molar-refractivity contribution is 5.65. The van der Waals surface area contributed by atoms with E-state index in [0.29, 0.717) is 11.7 Å². The lowest BCUT2D eigenvalue weighted by molar-refractivity contribution is 0.197. The lowest BCUT2D eigenvalue weighted by atomic mass is 9.93. The van der Waals surface area contributed by atoms with Crippen molar-refractivity contribution in [2.45, 2.75) is 46.1 Å². The van der Waals surface area contributed by atoms with Gasteiger partial charge in [-0.15, -0.1) is 0 Å². The van der Waals surface area contributed by atoms with Crippen molar-refractivity contribution in [1.29, 1.82) is 0 Å². The van der Waals surface area contributed by atoms with Gasteiger partial charge in [0.15, 0.2) is 0 Å². The Hall–Kier alpha value is -3.05. The van der Waals surface area contributed by atoms with Gasteiger partial charge >= 0.3 is 0 Å². The summed E-state index contributed by atoms with van der Waals surface area (Å²) in [5.41, 5.74) is 8.89. The molecule has 5 heteroatoms. The fourth-order valence-corrected chi connectivity index (χ4v) is 4.81. The van der Waals surface area contributed by atoms with Gasteiger partial charge in [-0.25, -0.2) is 9.50 Å². The SMILES string of the molecule is Cc1cccc(-c2ccc(CN3CCCC(c4cc(C)nc5ncnn45)C3)c(C)c2)c1. The molecular weight excluding hydrogens is 382 g/mol. The summed E-state index contributed by atoms with van der Waals surface area (Å²) >= 11 is 0. The van der Waals surface area contributed by atoms with Gasteiger partial charge < -0.3 is 0 Å². The van der Waals surface area contributed by atoms with Crippen molar-refractivity contribution in [3.05, 3.63) is 82.9 Å². The number of piperidine rings is 1. The number of benzene rings is 2. The molecule has 1 saturated heterocycles. The zero-order chi connectivity index (χ0) is 21.4. The molecule has 0 N–H and O–H groups in total. The maximum Gasteiger partial charge on any atom is 0.252 e. The molecule has 2 aromatic carbocycles. The van der Waals surface area contributed by atoms with E-state index in [1.54, 1.807) is 6.33 Å². The summed E-state index contributed by atoms with van der Waals surface area (Å²) in [6, 6.07) is 17.8. The lowest BCUT2D eigenvalue weighted by Gasteiger charge is -2.33. The summed E-state index contributed by atoms with van der Waals surface area (Å²) < 4.78 is 1.92. The predicted molar refractivity (Wildman–Crippen MR) is 124 cm³/mol. The Balaban J connectivity index is 1.35. The minimum absolute atomic E-state index is 0.450. The highest BCUT2D eigenvalue weighted by Crippen LogP contribution is 2.29. The Morgan fingerprint density at radius 1 is 1.00 bits per heavy atom. The van der Waals surface area contributed by atoms with E-state index in [4.69, 9.17) is 0 Å². The highest BCUT2D eigenvalue weighted by Gasteiger charge is 2.24. The summed E-state index contributed by atoms with van der Waals surface area (Å²) in [4.78, 5) is 11.4. The molecule has 4 aromatic rings. The quantitative estimate of drug-likeness (QED) is 0.469. The molecule has 0 amide bonds. The normalized spacial score (nSPS) is 17.3. The monoisotopic (exact) mass is 411 g/mol. The lowest BCUT2D eigenvalue weighted by Crippen LogP contribution is -2.34. The predicted octanol–water partition coefficient (Wildman–Crippen LogP) is 5.10. The number of nitrogens with zero attached hydrogens (tertiary/aromatic N) is 5. The van der Waals surface area contributed by atoms with Crippen molar-refractivity contribution in [2.24, 2.45) is 0 Å². The average molecular weight is 412 g/mol. The van der Waals surface area contributed by atoms with Crippen LogP contribution in [-0.2, 0) is 6.54 Å². The number of fused-ring (bicyclic) bond motifs is 1. The van der Waals surface area contributed by atoms with Crippen LogP contribution in [-0.4, -0.2) is 37.6 Å². The molecule has 31 heavy (non-hydrogen) atoms. The zero-order valence-electron chi connectivity index (χ0n) is 18.5. The second-order valence-corrected chi connectivity index (χ2v) is 8.88. The number of aromatic nitrogens is 4. The topological polar surface area (TPSA) is 46.3 Å². The van der Waals surface area contributed by atoms with E-state index >= 15 is 0 Å². The van der Waals surface area contributed by atoms with E-state index in [-0.39, 0.29) is 0 Å². The van der Waals surface area contributed by atoms with Gasteiger partial charge in [-0.1, -0.05) is 48.0 Å². The van der Waals surface area contributed by atoms with Crippen LogP contribution >= 0.6 is 0 Å². The van der Waals surface area contributed by atoms with Crippen LogP contribution in [0.2, 0.25) is 0 Å². The summed E-state index contributed by atoms with van der Waals surface area (Å²) in [7, 11) is 0. The molecule has 5 nitrogen and oxygen atoms in total. The van der Waals surface area contributed by atoms with Crippen LogP contribution in [0.3, 0.4) is 0 Å². The molecule has 0 aliphatic carbocycles. The van der Waals surface area contributed by atoms with Crippen LogP contribution in [0.5, 0.6) is 0 Å². The van der Waals surface area contributed by atoms with E-state index in [2.05, 4.69) is 82.3 Å². The number of hydrogen-bond acceptors (Lipinski definition) is 4. The first-order valence-electron chi connectivity index (χ1n) is 11.1. The molecule has 158 valence electrons. The minimum atomic E-state index is 0.450. The number of rotatable bonds is 4. The molecule has 1 aliphatic heterocycles. The van der Waals surface area contributed by atoms with Gasteiger partial charge in [0, 0.05) is 24.7 Å². The third-order valence-electron chi connectivity index (χ3n) is 6.42. The van der Waals surface area contributed by atoms with Gasteiger partial charge in [0.2, 0.25) is 0 Å². The molecule has 1 fully saturated rings. The maximum absolute atomic E-state index is 4.50. The van der Waals surface area contributed by atoms with Crippen LogP contribution in [0.4, 0.5) is 0 Å². The molecule has 2 aromatic heterocycles. The van der Waals surface area contributed by atoms with E-state index in [0.717, 1.165) is 25.3 Å². The average Bonchev–Trinajstić information content (AvgIpc) is 3.23. The summed E-state index contributed by atoms with van der Waals surface area (Å²) in [6.07, 6.45) is 3.98. The first-order valence-corrected chi connectivity index (χ1v) is 11.1. The van der Waals surface area contributed by atoms with Crippen molar-refractivity contribution in [3.63, 3.8) is 0 Å². The maximum atomic E-state index is 4.50. The Labute approximate surface area is 183 Å². The van der Waals surface area contributed by atoms with Gasteiger partial charge in [0.25, 0.3) is 5.78 Å². The van der Waals surface area contributed by atoms with Crippen molar-refractivity contribution >= 4 is 5.78 Å². The fraction of sp³-hybridized carbons (Fsp3) is 0.346. The molecule has 0 radical (unpaired) electrons. The van der Waals surface area contributed by atoms with E-state index < -0.39 is 0 Å². The summed E-state index contributed by atoms with van der Waals surface area (Å²) in [6.45, 7) is 9.59. The van der Waals surface area contributed by atoms with Crippen LogP contribution in [0.15, 0.2) is 54.9 Å². The Bertz CT molecular complexity index is 1230. The van der Waals surface area contributed by atoms with E-state index in [1.165, 1.54) is 46.4 Å². The molecule has 1 aliphatic rings. The van der Waals surface area contributed by atoms with Crippen molar-refractivity contribution in [3.8, 4) is 11.1 Å². The molecule has 1 atom stereocenters. The first-order chi connectivity index (χ1) is 15.1. The molecule has 0 saturated carbocycles. The number of hydrogen-bond donors (Lipinski definition) is 0. The molecule has 0 bridgehead atoms. The molecule has 0 spiro atoms. The Morgan fingerprint density at radius 2 is 1.87 bits per heavy atom. The largest absolute Gasteiger partial charge is 0.298 e. The third kappa shape index (κ3) is 4.10. The Morgan fingerprint density at radius 3 is 2.71 bits per heavy atom.